The van der Waals surface area contributed by atoms with Crippen molar-refractivity contribution in [2.24, 2.45) is 5.92 Å². The predicted molar refractivity (Wildman–Crippen MR) is 306 cm³/mol. The van der Waals surface area contributed by atoms with Crippen LogP contribution in [-0.4, -0.2) is 25.6 Å². The van der Waals surface area contributed by atoms with Crippen molar-refractivity contribution in [3.8, 4) is 51.0 Å². The summed E-state index contributed by atoms with van der Waals surface area (Å²) in [6.45, 7) is 0. The zero-order chi connectivity index (χ0) is 48.7. The van der Waals surface area contributed by atoms with Crippen LogP contribution in [0.2, 0.25) is 0 Å². The second kappa shape index (κ2) is 17.1. The summed E-state index contributed by atoms with van der Waals surface area (Å²) in [5.41, 5.74) is 12.9. The Hall–Kier alpha value is -9.45. The summed E-state index contributed by atoms with van der Waals surface area (Å²) in [4.78, 5) is 18.1. The minimum Gasteiger partial charge on any atom is -0.333 e. The molecule has 2 aliphatic carbocycles. The predicted octanol–water partition coefficient (Wildman–Crippen LogP) is 15.3. The SMILES string of the molecule is C1=CC2C(C=C1C1C=c3c(n(-c4nc(-c5ccccc5)nc(-c5ccccc5)n4)c4ccc(-c5ccccc5)cc34)=CC1)c1cc(-c3ccc4c5ccccc5c5ccccc5c4c3)ccc1N2c1ccccc1. The van der Waals surface area contributed by atoms with Gasteiger partial charge in [-0.3, -0.25) is 4.57 Å². The molecule has 0 radical (unpaired) electrons. The molecule has 3 heterocycles. The Bertz CT molecular complexity index is 4310. The first-order chi connectivity index (χ1) is 36.7. The maximum Gasteiger partial charge on any atom is 0.238 e. The summed E-state index contributed by atoms with van der Waals surface area (Å²) in [5.74, 6) is 2.19. The standard InChI is InChI=1S/C69H47N5/c1-5-17-44(18-6-1)47-30-37-65-61(40-47)62-43-51(33-38-66(62)74(65)69-71-67(45-19-7-2-8-20-45)70-68(72-69)46-21-9-3-10-22-46)50-32-36-64-60(42-50)59-41-49(31-35-63(59)73(64)52-23-11-4-12-24-52)48-29-34-57-55-27-14-13-25-53(55)54-26-15-16-28-56(54)58(57)39-48/h1-32,34-43,51,60,64H,33H2. The van der Waals surface area contributed by atoms with E-state index in [9.17, 15) is 0 Å². The first-order valence-electron chi connectivity index (χ1n) is 25.7. The lowest BCUT2D eigenvalue weighted by molar-refractivity contribution is 0.716. The Balaban J connectivity index is 0.878. The molecule has 348 valence electrons. The van der Waals surface area contributed by atoms with E-state index in [0.717, 1.165) is 28.4 Å². The molecule has 2 aromatic heterocycles. The average Bonchev–Trinajstić information content (AvgIpc) is 4.01. The minimum atomic E-state index is 0.137. The van der Waals surface area contributed by atoms with Crippen molar-refractivity contribution in [1.29, 1.82) is 0 Å². The van der Waals surface area contributed by atoms with Crippen molar-refractivity contribution in [2.45, 2.75) is 18.4 Å². The monoisotopic (exact) mass is 945 g/mol. The Morgan fingerprint density at radius 1 is 0.419 bits per heavy atom. The van der Waals surface area contributed by atoms with E-state index in [2.05, 4.69) is 228 Å². The molecule has 1 aliphatic heterocycles. The molecular formula is C69H47N5. The van der Waals surface area contributed by atoms with Crippen LogP contribution in [0.25, 0.3) is 106 Å². The number of para-hydroxylation sites is 1. The first kappa shape index (κ1) is 42.3. The van der Waals surface area contributed by atoms with Crippen LogP contribution in [0.4, 0.5) is 11.4 Å². The third kappa shape index (κ3) is 6.88. The van der Waals surface area contributed by atoms with Crippen molar-refractivity contribution in [1.82, 2.24) is 19.5 Å². The first-order valence-corrected chi connectivity index (χ1v) is 25.7. The largest absolute Gasteiger partial charge is 0.333 e. The lowest BCUT2D eigenvalue weighted by Gasteiger charge is -2.30. The van der Waals surface area contributed by atoms with Crippen LogP contribution in [0.5, 0.6) is 0 Å². The molecule has 3 unspecified atom stereocenters. The second-order valence-corrected chi connectivity index (χ2v) is 19.8. The molecule has 15 rings (SSSR count). The van der Waals surface area contributed by atoms with E-state index in [1.165, 1.54) is 87.7 Å². The Morgan fingerprint density at radius 3 is 1.61 bits per heavy atom. The van der Waals surface area contributed by atoms with Gasteiger partial charge < -0.3 is 4.90 Å². The fourth-order valence-electron chi connectivity index (χ4n) is 12.2. The van der Waals surface area contributed by atoms with Gasteiger partial charge in [0.15, 0.2) is 11.6 Å². The third-order valence-electron chi connectivity index (χ3n) is 15.7. The van der Waals surface area contributed by atoms with Crippen molar-refractivity contribution in [2.75, 3.05) is 4.90 Å². The summed E-state index contributed by atoms with van der Waals surface area (Å²) in [5, 5.41) is 11.2. The van der Waals surface area contributed by atoms with E-state index in [1.54, 1.807) is 0 Å². The number of hydrogen-bond donors (Lipinski definition) is 0. The van der Waals surface area contributed by atoms with Gasteiger partial charge in [0, 0.05) is 44.9 Å². The lowest BCUT2D eigenvalue weighted by Crippen LogP contribution is -2.34. The molecule has 0 amide bonds. The molecule has 5 nitrogen and oxygen atoms in total. The fourth-order valence-corrected chi connectivity index (χ4v) is 12.2. The topological polar surface area (TPSA) is 46.8 Å². The van der Waals surface area contributed by atoms with E-state index in [1.807, 2.05) is 36.4 Å². The Kier molecular flexibility index (Phi) is 9.77. The molecule has 3 aliphatic rings. The molecule has 74 heavy (non-hydrogen) atoms. The molecule has 0 saturated heterocycles. The van der Waals surface area contributed by atoms with Gasteiger partial charge >= 0.3 is 0 Å². The molecule has 0 fully saturated rings. The smallest absolute Gasteiger partial charge is 0.238 e. The van der Waals surface area contributed by atoms with E-state index < -0.39 is 0 Å². The van der Waals surface area contributed by atoms with Gasteiger partial charge in [0.2, 0.25) is 5.95 Å². The van der Waals surface area contributed by atoms with Gasteiger partial charge in [0.05, 0.1) is 16.9 Å². The maximum atomic E-state index is 5.26. The highest BCUT2D eigenvalue weighted by atomic mass is 15.2. The van der Waals surface area contributed by atoms with Gasteiger partial charge in [-0.05, 0) is 115 Å². The van der Waals surface area contributed by atoms with Gasteiger partial charge in [0.1, 0.15) is 0 Å². The number of anilines is 2. The molecule has 3 atom stereocenters. The van der Waals surface area contributed by atoms with Crippen LogP contribution in [-0.2, 0) is 0 Å². The molecule has 5 heteroatoms. The number of rotatable bonds is 7. The van der Waals surface area contributed by atoms with Crippen LogP contribution in [0, 0.1) is 5.92 Å². The summed E-state index contributed by atoms with van der Waals surface area (Å²) >= 11 is 0. The summed E-state index contributed by atoms with van der Waals surface area (Å²) < 4.78 is 2.26. The Morgan fingerprint density at radius 2 is 0.946 bits per heavy atom. The molecule has 0 spiro atoms. The van der Waals surface area contributed by atoms with Crippen molar-refractivity contribution in [3.63, 3.8) is 0 Å². The highest BCUT2D eigenvalue weighted by Crippen LogP contribution is 2.50. The average molecular weight is 946 g/mol. The zero-order valence-corrected chi connectivity index (χ0v) is 40.4. The number of fused-ring (bicyclic) bond motifs is 12. The van der Waals surface area contributed by atoms with Gasteiger partial charge in [-0.1, -0.05) is 212 Å². The van der Waals surface area contributed by atoms with Gasteiger partial charge in [0.25, 0.3) is 0 Å². The van der Waals surface area contributed by atoms with Gasteiger partial charge in [-0.25, -0.2) is 4.98 Å². The van der Waals surface area contributed by atoms with Crippen molar-refractivity contribution in [3.05, 3.63) is 264 Å². The van der Waals surface area contributed by atoms with Crippen LogP contribution in [0.1, 0.15) is 17.9 Å². The van der Waals surface area contributed by atoms with Crippen LogP contribution in [0.3, 0.4) is 0 Å². The lowest BCUT2D eigenvalue weighted by atomic mass is 9.81. The zero-order valence-electron chi connectivity index (χ0n) is 40.4. The van der Waals surface area contributed by atoms with Crippen molar-refractivity contribution >= 4 is 66.7 Å². The second-order valence-electron chi connectivity index (χ2n) is 19.8. The molecule has 10 aromatic carbocycles. The maximum absolute atomic E-state index is 5.26. The molecule has 0 N–H and O–H groups in total. The van der Waals surface area contributed by atoms with Crippen LogP contribution >= 0.6 is 0 Å². The minimum absolute atomic E-state index is 0.137. The van der Waals surface area contributed by atoms with E-state index in [0.29, 0.717) is 17.6 Å². The van der Waals surface area contributed by atoms with Crippen molar-refractivity contribution < 1.29 is 0 Å². The fraction of sp³-hybridized carbons (Fsp3) is 0.0580. The summed E-state index contributed by atoms with van der Waals surface area (Å²) in [7, 11) is 0. The highest BCUT2D eigenvalue weighted by Gasteiger charge is 2.39. The number of hydrogen-bond acceptors (Lipinski definition) is 4. The highest BCUT2D eigenvalue weighted by molar-refractivity contribution is 6.25. The Labute approximate surface area is 428 Å². The van der Waals surface area contributed by atoms with Gasteiger partial charge in [-0.2, -0.15) is 9.97 Å². The number of nitrogens with zero attached hydrogens (tertiary/aromatic N) is 5. The third-order valence-corrected chi connectivity index (χ3v) is 15.7. The van der Waals surface area contributed by atoms with Crippen LogP contribution in [0.15, 0.2) is 248 Å². The number of benzene rings is 10. The van der Waals surface area contributed by atoms with Gasteiger partial charge in [-0.15, -0.1) is 0 Å². The normalized spacial score (nSPS) is 16.7. The molecule has 12 aromatic rings. The summed E-state index contributed by atoms with van der Waals surface area (Å²) in [6, 6.07) is 80.9. The van der Waals surface area contributed by atoms with E-state index >= 15 is 0 Å². The van der Waals surface area contributed by atoms with Crippen LogP contribution < -0.4 is 15.5 Å². The summed E-state index contributed by atoms with van der Waals surface area (Å²) in [6.07, 6.45) is 13.2. The molecule has 0 saturated carbocycles. The van der Waals surface area contributed by atoms with E-state index in [4.69, 9.17) is 15.0 Å². The molecule has 0 bridgehead atoms. The van der Waals surface area contributed by atoms with E-state index in [-0.39, 0.29) is 17.9 Å². The quantitative estimate of drug-likeness (QED) is 0.149. The number of aromatic nitrogens is 4. The number of allylic oxidation sites excluding steroid dienone is 2. The molecular weight excluding hydrogens is 899 g/mol.